The van der Waals surface area contributed by atoms with Gasteiger partial charge in [0.2, 0.25) is 0 Å². The van der Waals surface area contributed by atoms with Crippen molar-refractivity contribution in [3.63, 3.8) is 0 Å². The minimum atomic E-state index is -0.414. The van der Waals surface area contributed by atoms with Gasteiger partial charge in [0, 0.05) is 15.6 Å². The largest absolute Gasteiger partial charge is 0.392 e. The molecule has 2 aromatic rings. The van der Waals surface area contributed by atoms with E-state index in [1.54, 1.807) is 24.3 Å². The van der Waals surface area contributed by atoms with Crippen molar-refractivity contribution in [2.75, 3.05) is 0 Å². The molecule has 1 N–H and O–H groups in total. The lowest BCUT2D eigenvalue weighted by Crippen LogP contribution is -1.88. The molecule has 17 heavy (non-hydrogen) atoms. The third-order valence-corrected chi connectivity index (χ3v) is 2.94. The molecule has 2 aromatic carbocycles. The molecule has 0 atom stereocenters. The summed E-state index contributed by atoms with van der Waals surface area (Å²) in [5.41, 5.74) is 1.74. The van der Waals surface area contributed by atoms with Crippen molar-refractivity contribution >= 4 is 23.2 Å². The van der Waals surface area contributed by atoms with Crippen molar-refractivity contribution in [3.8, 4) is 11.1 Å². The lowest BCUT2D eigenvalue weighted by Gasteiger charge is -2.07. The summed E-state index contributed by atoms with van der Waals surface area (Å²) in [4.78, 5) is 0. The molecule has 0 amide bonds. The molecule has 1 nitrogen and oxygen atoms in total. The Hall–Kier alpha value is -1.09. The fraction of sp³-hybridized carbons (Fsp3) is 0.0769. The first-order valence-electron chi connectivity index (χ1n) is 4.96. The van der Waals surface area contributed by atoms with E-state index in [0.29, 0.717) is 26.7 Å². The standard InChI is InChI=1S/C13H9Cl2FO/c14-10-1-2-13(15)12(6-10)9-3-8(7-17)4-11(16)5-9/h1-6,17H,7H2. The van der Waals surface area contributed by atoms with E-state index in [1.807, 2.05) is 0 Å². The van der Waals surface area contributed by atoms with Crippen LogP contribution in [0.5, 0.6) is 0 Å². The third-order valence-electron chi connectivity index (χ3n) is 2.38. The van der Waals surface area contributed by atoms with E-state index in [9.17, 15) is 4.39 Å². The number of halogens is 3. The van der Waals surface area contributed by atoms with Crippen LogP contribution >= 0.6 is 23.2 Å². The van der Waals surface area contributed by atoms with Gasteiger partial charge in [-0.15, -0.1) is 0 Å². The number of aliphatic hydroxyl groups excluding tert-OH is 1. The number of hydrogen-bond acceptors (Lipinski definition) is 1. The Labute approximate surface area is 108 Å². The lowest BCUT2D eigenvalue weighted by atomic mass is 10.0. The highest BCUT2D eigenvalue weighted by molar-refractivity contribution is 6.35. The highest BCUT2D eigenvalue weighted by atomic mass is 35.5. The van der Waals surface area contributed by atoms with E-state index in [-0.39, 0.29) is 6.61 Å². The number of aliphatic hydroxyl groups is 1. The van der Waals surface area contributed by atoms with Gasteiger partial charge in [-0.25, -0.2) is 4.39 Å². The van der Waals surface area contributed by atoms with Crippen LogP contribution in [0.25, 0.3) is 11.1 Å². The molecule has 0 aliphatic carbocycles. The number of hydrogen-bond donors (Lipinski definition) is 1. The Morgan fingerprint density at radius 3 is 2.53 bits per heavy atom. The summed E-state index contributed by atoms with van der Waals surface area (Å²) in [5.74, 6) is -0.414. The summed E-state index contributed by atoms with van der Waals surface area (Å²) < 4.78 is 13.3. The second-order valence-corrected chi connectivity index (χ2v) is 4.47. The van der Waals surface area contributed by atoms with Gasteiger partial charge < -0.3 is 5.11 Å². The number of benzene rings is 2. The molecular formula is C13H9Cl2FO. The van der Waals surface area contributed by atoms with Gasteiger partial charge in [-0.2, -0.15) is 0 Å². The van der Waals surface area contributed by atoms with Crippen LogP contribution in [0.2, 0.25) is 10.0 Å². The van der Waals surface area contributed by atoms with E-state index >= 15 is 0 Å². The highest BCUT2D eigenvalue weighted by Gasteiger charge is 2.07. The third kappa shape index (κ3) is 2.78. The van der Waals surface area contributed by atoms with Gasteiger partial charge in [0.25, 0.3) is 0 Å². The maximum Gasteiger partial charge on any atom is 0.124 e. The number of rotatable bonds is 2. The molecule has 0 aliphatic rings. The molecule has 0 aliphatic heterocycles. The summed E-state index contributed by atoms with van der Waals surface area (Å²) in [5, 5.41) is 10.0. The molecule has 0 saturated heterocycles. The first kappa shape index (κ1) is 12.4. The van der Waals surface area contributed by atoms with Crippen molar-refractivity contribution in [2.45, 2.75) is 6.61 Å². The molecule has 0 unspecified atom stereocenters. The Kier molecular flexibility index (Phi) is 3.67. The van der Waals surface area contributed by atoms with Crippen LogP contribution in [-0.2, 0) is 6.61 Å². The molecule has 0 heterocycles. The Balaban J connectivity index is 2.59. The fourth-order valence-electron chi connectivity index (χ4n) is 1.62. The topological polar surface area (TPSA) is 20.2 Å². The minimum absolute atomic E-state index is 0.219. The van der Waals surface area contributed by atoms with E-state index < -0.39 is 5.82 Å². The van der Waals surface area contributed by atoms with Gasteiger partial charge in [-0.05, 0) is 47.5 Å². The van der Waals surface area contributed by atoms with Crippen LogP contribution in [0, 0.1) is 5.82 Å². The average molecular weight is 271 g/mol. The summed E-state index contributed by atoms with van der Waals surface area (Å²) in [6.45, 7) is -0.219. The molecule has 2 rings (SSSR count). The predicted molar refractivity (Wildman–Crippen MR) is 67.8 cm³/mol. The van der Waals surface area contributed by atoms with Gasteiger partial charge in [0.05, 0.1) is 6.61 Å². The molecule has 0 bridgehead atoms. The van der Waals surface area contributed by atoms with Gasteiger partial charge in [-0.1, -0.05) is 23.2 Å². The molecular weight excluding hydrogens is 262 g/mol. The highest BCUT2D eigenvalue weighted by Crippen LogP contribution is 2.31. The monoisotopic (exact) mass is 270 g/mol. The second-order valence-electron chi connectivity index (χ2n) is 3.63. The van der Waals surface area contributed by atoms with Crippen molar-refractivity contribution in [1.29, 1.82) is 0 Å². The predicted octanol–water partition coefficient (Wildman–Crippen LogP) is 4.29. The van der Waals surface area contributed by atoms with Crippen LogP contribution in [0.4, 0.5) is 4.39 Å². The summed E-state index contributed by atoms with van der Waals surface area (Å²) in [7, 11) is 0. The zero-order valence-electron chi connectivity index (χ0n) is 8.75. The minimum Gasteiger partial charge on any atom is -0.392 e. The van der Waals surface area contributed by atoms with Crippen LogP contribution in [0.3, 0.4) is 0 Å². The van der Waals surface area contributed by atoms with Gasteiger partial charge in [-0.3, -0.25) is 0 Å². The Bertz CT molecular complexity index is 555. The SMILES string of the molecule is OCc1cc(F)cc(-c2cc(Cl)ccc2Cl)c1. The zero-order valence-corrected chi connectivity index (χ0v) is 10.3. The van der Waals surface area contributed by atoms with Crippen LogP contribution in [-0.4, -0.2) is 5.11 Å². The van der Waals surface area contributed by atoms with Gasteiger partial charge >= 0.3 is 0 Å². The normalized spacial score (nSPS) is 10.6. The van der Waals surface area contributed by atoms with E-state index in [1.165, 1.54) is 12.1 Å². The first-order valence-corrected chi connectivity index (χ1v) is 5.71. The Morgan fingerprint density at radius 1 is 1.06 bits per heavy atom. The summed E-state index contributed by atoms with van der Waals surface area (Å²) >= 11 is 11.9. The zero-order chi connectivity index (χ0) is 12.4. The molecule has 0 spiro atoms. The molecule has 0 fully saturated rings. The second kappa shape index (κ2) is 5.05. The van der Waals surface area contributed by atoms with Crippen LogP contribution in [0.1, 0.15) is 5.56 Å². The van der Waals surface area contributed by atoms with Crippen molar-refractivity contribution in [1.82, 2.24) is 0 Å². The smallest absolute Gasteiger partial charge is 0.124 e. The lowest BCUT2D eigenvalue weighted by molar-refractivity contribution is 0.281. The summed E-state index contributed by atoms with van der Waals surface area (Å²) in [6, 6.07) is 9.31. The maximum atomic E-state index is 13.3. The molecule has 4 heteroatoms. The van der Waals surface area contributed by atoms with E-state index in [2.05, 4.69) is 0 Å². The molecule has 0 radical (unpaired) electrons. The van der Waals surface area contributed by atoms with E-state index in [4.69, 9.17) is 28.3 Å². The van der Waals surface area contributed by atoms with Crippen LogP contribution < -0.4 is 0 Å². The summed E-state index contributed by atoms with van der Waals surface area (Å²) in [6.07, 6.45) is 0. The average Bonchev–Trinajstić information content (AvgIpc) is 2.31. The van der Waals surface area contributed by atoms with Crippen molar-refractivity contribution in [3.05, 3.63) is 57.8 Å². The Morgan fingerprint density at radius 2 is 1.82 bits per heavy atom. The van der Waals surface area contributed by atoms with Crippen LogP contribution in [0.15, 0.2) is 36.4 Å². The fourth-order valence-corrected chi connectivity index (χ4v) is 2.01. The molecule has 0 saturated carbocycles. The first-order chi connectivity index (χ1) is 8.10. The van der Waals surface area contributed by atoms with E-state index in [0.717, 1.165) is 0 Å². The maximum absolute atomic E-state index is 13.3. The molecule has 0 aromatic heterocycles. The molecule has 88 valence electrons. The van der Waals surface area contributed by atoms with Crippen molar-refractivity contribution < 1.29 is 9.50 Å². The van der Waals surface area contributed by atoms with Gasteiger partial charge in [0.15, 0.2) is 0 Å². The van der Waals surface area contributed by atoms with Gasteiger partial charge in [0.1, 0.15) is 5.82 Å². The van der Waals surface area contributed by atoms with Crippen molar-refractivity contribution in [2.24, 2.45) is 0 Å². The quantitative estimate of drug-likeness (QED) is 0.863.